The van der Waals surface area contributed by atoms with Gasteiger partial charge < -0.3 is 20.8 Å². The van der Waals surface area contributed by atoms with E-state index in [1.165, 1.54) is 7.11 Å². The van der Waals surface area contributed by atoms with Crippen LogP contribution in [0, 0.1) is 0 Å². The summed E-state index contributed by atoms with van der Waals surface area (Å²) in [6, 6.07) is 14.2. The van der Waals surface area contributed by atoms with E-state index in [1.807, 2.05) is 30.5 Å². The average Bonchev–Trinajstić information content (AvgIpc) is 3.08. The molecule has 2 aromatic carbocycles. The molecule has 1 heterocycles. The van der Waals surface area contributed by atoms with Crippen LogP contribution in [0.2, 0.25) is 0 Å². The average molecular weight is 351 g/mol. The van der Waals surface area contributed by atoms with Gasteiger partial charge in [-0.05, 0) is 35.7 Å². The summed E-state index contributed by atoms with van der Waals surface area (Å²) in [4.78, 5) is 26.9. The number of benzene rings is 2. The van der Waals surface area contributed by atoms with E-state index < -0.39 is 6.04 Å². The largest absolute Gasteiger partial charge is 0.465 e. The molecule has 134 valence electrons. The van der Waals surface area contributed by atoms with Crippen molar-refractivity contribution in [2.45, 2.75) is 19.0 Å². The predicted molar refractivity (Wildman–Crippen MR) is 99.6 cm³/mol. The van der Waals surface area contributed by atoms with Gasteiger partial charge in [0.2, 0.25) is 5.91 Å². The minimum absolute atomic E-state index is 0.215. The molecule has 0 spiro atoms. The van der Waals surface area contributed by atoms with Crippen molar-refractivity contribution in [1.29, 1.82) is 0 Å². The van der Waals surface area contributed by atoms with Crippen LogP contribution in [0.5, 0.6) is 0 Å². The lowest BCUT2D eigenvalue weighted by atomic mass is 10.0. The topological polar surface area (TPSA) is 97.2 Å². The highest BCUT2D eigenvalue weighted by Gasteiger charge is 2.16. The van der Waals surface area contributed by atoms with Gasteiger partial charge >= 0.3 is 5.97 Å². The molecular formula is C20H21N3O3. The smallest absolute Gasteiger partial charge is 0.337 e. The summed E-state index contributed by atoms with van der Waals surface area (Å²) in [5, 5.41) is 3.91. The number of aromatic amines is 1. The van der Waals surface area contributed by atoms with Crippen molar-refractivity contribution in [3.8, 4) is 0 Å². The molecule has 3 rings (SSSR count). The lowest BCUT2D eigenvalue weighted by Gasteiger charge is -2.12. The van der Waals surface area contributed by atoms with E-state index in [-0.39, 0.29) is 11.9 Å². The number of H-pyrrole nitrogens is 1. The molecule has 26 heavy (non-hydrogen) atoms. The molecule has 1 amide bonds. The Morgan fingerprint density at radius 2 is 1.88 bits per heavy atom. The Hall–Kier alpha value is -3.12. The molecule has 1 atom stereocenters. The highest BCUT2D eigenvalue weighted by molar-refractivity contribution is 5.89. The molecule has 6 nitrogen and oxygen atoms in total. The molecule has 0 saturated heterocycles. The van der Waals surface area contributed by atoms with Crippen molar-refractivity contribution in [3.63, 3.8) is 0 Å². The second-order valence-corrected chi connectivity index (χ2v) is 6.08. The van der Waals surface area contributed by atoms with Crippen LogP contribution >= 0.6 is 0 Å². The zero-order valence-electron chi connectivity index (χ0n) is 14.5. The van der Waals surface area contributed by atoms with Crippen molar-refractivity contribution in [3.05, 3.63) is 71.4 Å². The number of nitrogens with two attached hydrogens (primary N) is 1. The molecule has 0 bridgehead atoms. The monoisotopic (exact) mass is 351 g/mol. The molecule has 0 unspecified atom stereocenters. The number of amides is 1. The van der Waals surface area contributed by atoms with Crippen LogP contribution in [0.3, 0.4) is 0 Å². The molecule has 0 aliphatic heterocycles. The third-order valence-corrected chi connectivity index (χ3v) is 4.29. The molecule has 4 N–H and O–H groups in total. The van der Waals surface area contributed by atoms with Gasteiger partial charge in [0, 0.05) is 23.6 Å². The number of carbonyl (C=O) groups excluding carboxylic acids is 2. The summed E-state index contributed by atoms with van der Waals surface area (Å²) in [7, 11) is 1.34. The number of aromatic nitrogens is 1. The SMILES string of the molecule is COC(=O)c1ccc(CNC(=O)[C@H](N)Cc2c[nH]c3ccccc23)cc1. The summed E-state index contributed by atoms with van der Waals surface area (Å²) < 4.78 is 4.66. The van der Waals surface area contributed by atoms with E-state index >= 15 is 0 Å². The van der Waals surface area contributed by atoms with Gasteiger partial charge in [-0.25, -0.2) is 4.79 Å². The Balaban J connectivity index is 1.56. The number of fused-ring (bicyclic) bond motifs is 1. The molecule has 1 aromatic heterocycles. The van der Waals surface area contributed by atoms with Crippen molar-refractivity contribution < 1.29 is 14.3 Å². The van der Waals surface area contributed by atoms with Crippen LogP contribution in [0.1, 0.15) is 21.5 Å². The van der Waals surface area contributed by atoms with Crippen molar-refractivity contribution >= 4 is 22.8 Å². The minimum atomic E-state index is -0.636. The number of para-hydroxylation sites is 1. The summed E-state index contributed by atoms with van der Waals surface area (Å²) in [5.74, 6) is -0.603. The van der Waals surface area contributed by atoms with E-state index in [0.717, 1.165) is 22.0 Å². The van der Waals surface area contributed by atoms with Crippen LogP contribution in [-0.2, 0) is 22.5 Å². The fraction of sp³-hybridized carbons (Fsp3) is 0.200. The quantitative estimate of drug-likeness (QED) is 0.593. The van der Waals surface area contributed by atoms with Gasteiger partial charge in [-0.15, -0.1) is 0 Å². The minimum Gasteiger partial charge on any atom is -0.465 e. The van der Waals surface area contributed by atoms with Crippen LogP contribution in [0.15, 0.2) is 54.7 Å². The summed E-state index contributed by atoms with van der Waals surface area (Å²) >= 11 is 0. The highest BCUT2D eigenvalue weighted by Crippen LogP contribution is 2.18. The fourth-order valence-electron chi connectivity index (χ4n) is 2.83. The Bertz CT molecular complexity index is 915. The standard InChI is InChI=1S/C20H21N3O3/c1-26-20(25)14-8-6-13(7-9-14)11-23-19(24)17(21)10-15-12-22-18-5-3-2-4-16(15)18/h2-9,12,17,22H,10-11,21H2,1H3,(H,23,24)/t17-/m1/s1. The first-order valence-electron chi connectivity index (χ1n) is 8.34. The van der Waals surface area contributed by atoms with Crippen molar-refractivity contribution in [2.75, 3.05) is 7.11 Å². The number of carbonyl (C=O) groups is 2. The zero-order valence-corrected chi connectivity index (χ0v) is 14.5. The van der Waals surface area contributed by atoms with Crippen LogP contribution in [0.25, 0.3) is 10.9 Å². The Morgan fingerprint density at radius 1 is 1.15 bits per heavy atom. The van der Waals surface area contributed by atoms with Crippen molar-refractivity contribution in [1.82, 2.24) is 10.3 Å². The third kappa shape index (κ3) is 3.92. The summed E-state index contributed by atoms with van der Waals surface area (Å²) in [5.41, 5.74) is 9.46. The maximum absolute atomic E-state index is 12.3. The van der Waals surface area contributed by atoms with Gasteiger partial charge in [0.1, 0.15) is 0 Å². The van der Waals surface area contributed by atoms with Crippen molar-refractivity contribution in [2.24, 2.45) is 5.73 Å². The van der Waals surface area contributed by atoms with Gasteiger partial charge in [0.25, 0.3) is 0 Å². The number of hydrogen-bond acceptors (Lipinski definition) is 4. The number of nitrogens with one attached hydrogen (secondary N) is 2. The van der Waals surface area contributed by atoms with Gasteiger partial charge in [-0.2, -0.15) is 0 Å². The molecule has 6 heteroatoms. The Morgan fingerprint density at radius 3 is 2.62 bits per heavy atom. The Labute approximate surface area is 151 Å². The second-order valence-electron chi connectivity index (χ2n) is 6.08. The first-order valence-corrected chi connectivity index (χ1v) is 8.34. The molecule has 0 aliphatic rings. The van der Waals surface area contributed by atoms with Gasteiger partial charge in [-0.3, -0.25) is 4.79 Å². The number of hydrogen-bond donors (Lipinski definition) is 3. The lowest BCUT2D eigenvalue weighted by molar-refractivity contribution is -0.122. The predicted octanol–water partition coefficient (Wildman–Crippen LogP) is 2.14. The van der Waals surface area contributed by atoms with E-state index in [4.69, 9.17) is 5.73 Å². The summed E-state index contributed by atoms with van der Waals surface area (Å²) in [6.07, 6.45) is 2.35. The number of ether oxygens (including phenoxy) is 1. The van der Waals surface area contributed by atoms with Crippen LogP contribution in [0.4, 0.5) is 0 Å². The van der Waals surface area contributed by atoms with E-state index in [9.17, 15) is 9.59 Å². The normalized spacial score (nSPS) is 11.9. The van der Waals surface area contributed by atoms with Gasteiger partial charge in [-0.1, -0.05) is 30.3 Å². The number of methoxy groups -OCH3 is 1. The fourth-order valence-corrected chi connectivity index (χ4v) is 2.83. The molecular weight excluding hydrogens is 330 g/mol. The maximum atomic E-state index is 12.3. The van der Waals surface area contributed by atoms with Crippen LogP contribution < -0.4 is 11.1 Å². The first kappa shape index (κ1) is 17.7. The summed E-state index contributed by atoms with van der Waals surface area (Å²) in [6.45, 7) is 0.349. The number of esters is 1. The molecule has 0 fully saturated rings. The van der Waals surface area contributed by atoms with Crippen LogP contribution in [-0.4, -0.2) is 30.0 Å². The zero-order chi connectivity index (χ0) is 18.5. The number of rotatable bonds is 6. The second kappa shape index (κ2) is 7.84. The van der Waals surface area contributed by atoms with Gasteiger partial charge in [0.15, 0.2) is 0 Å². The lowest BCUT2D eigenvalue weighted by Crippen LogP contribution is -2.41. The van der Waals surface area contributed by atoms with E-state index in [2.05, 4.69) is 15.0 Å². The maximum Gasteiger partial charge on any atom is 0.337 e. The third-order valence-electron chi connectivity index (χ3n) is 4.29. The first-order chi connectivity index (χ1) is 12.6. The molecule has 0 radical (unpaired) electrons. The Kier molecular flexibility index (Phi) is 5.34. The van der Waals surface area contributed by atoms with Gasteiger partial charge in [0.05, 0.1) is 18.7 Å². The molecule has 0 saturated carbocycles. The highest BCUT2D eigenvalue weighted by atomic mass is 16.5. The van der Waals surface area contributed by atoms with E-state index in [1.54, 1.807) is 24.3 Å². The van der Waals surface area contributed by atoms with E-state index in [0.29, 0.717) is 18.5 Å². The molecule has 3 aromatic rings. The molecule has 0 aliphatic carbocycles.